The highest BCUT2D eigenvalue weighted by molar-refractivity contribution is 5.78. The quantitative estimate of drug-likeness (QED) is 0.766. The molecule has 0 amide bonds. The van der Waals surface area contributed by atoms with E-state index in [1.165, 1.54) is 0 Å². The van der Waals surface area contributed by atoms with E-state index in [1.54, 1.807) is 12.3 Å². The number of nitrogens with two attached hydrogens (primary N) is 1. The Balaban J connectivity index is 2.00. The summed E-state index contributed by atoms with van der Waals surface area (Å²) >= 11 is 0. The summed E-state index contributed by atoms with van der Waals surface area (Å²) in [6.07, 6.45) is 5.28. The molecule has 0 atom stereocenters. The minimum absolute atomic E-state index is 0.157. The summed E-state index contributed by atoms with van der Waals surface area (Å²) in [5.41, 5.74) is 6.52. The predicted octanol–water partition coefficient (Wildman–Crippen LogP) is 0.803. The van der Waals surface area contributed by atoms with E-state index in [0.29, 0.717) is 0 Å². The second kappa shape index (κ2) is 4.83. The molecule has 16 heavy (non-hydrogen) atoms. The zero-order valence-electron chi connectivity index (χ0n) is 8.43. The summed E-state index contributed by atoms with van der Waals surface area (Å²) < 4.78 is 0. The van der Waals surface area contributed by atoms with Gasteiger partial charge in [0.05, 0.1) is 0 Å². The van der Waals surface area contributed by atoms with Crippen molar-refractivity contribution in [2.45, 2.75) is 0 Å². The maximum atomic E-state index is 5.42. The Kier molecular flexibility index (Phi) is 3.03. The van der Waals surface area contributed by atoms with Gasteiger partial charge in [0, 0.05) is 6.21 Å². The van der Waals surface area contributed by atoms with Crippen molar-refractivity contribution in [1.29, 1.82) is 0 Å². The van der Waals surface area contributed by atoms with Gasteiger partial charge in [0.25, 0.3) is 5.95 Å². The molecule has 0 bridgehead atoms. The second-order valence-electron chi connectivity index (χ2n) is 2.96. The van der Waals surface area contributed by atoms with Crippen LogP contribution in [-0.4, -0.2) is 26.5 Å². The lowest BCUT2D eigenvalue weighted by Crippen LogP contribution is -1.98. The fourth-order valence-electron chi connectivity index (χ4n) is 1.09. The first-order valence-corrected chi connectivity index (χ1v) is 4.66. The Morgan fingerprint density at radius 2 is 2.06 bits per heavy atom. The Hall–Kier alpha value is -2.50. The molecule has 6 nitrogen and oxygen atoms in total. The van der Waals surface area contributed by atoms with Crippen LogP contribution in [0.1, 0.15) is 5.56 Å². The smallest absolute Gasteiger partial charge is 0.263 e. The summed E-state index contributed by atoms with van der Waals surface area (Å²) in [6.45, 7) is 0. The molecule has 0 radical (unpaired) electrons. The molecule has 0 unspecified atom stereocenters. The van der Waals surface area contributed by atoms with Gasteiger partial charge in [0.2, 0.25) is 0 Å². The van der Waals surface area contributed by atoms with Crippen molar-refractivity contribution < 1.29 is 0 Å². The van der Waals surface area contributed by atoms with Crippen molar-refractivity contribution in [1.82, 2.24) is 20.3 Å². The topological polar surface area (TPSA) is 82.0 Å². The molecule has 0 saturated carbocycles. The first kappa shape index (κ1) is 10.0. The highest BCUT2D eigenvalue weighted by Gasteiger charge is 1.94. The fourth-order valence-corrected chi connectivity index (χ4v) is 1.09. The van der Waals surface area contributed by atoms with Gasteiger partial charge in [-0.15, -0.1) is 0 Å². The molecule has 0 fully saturated rings. The molecular weight excluding hydrogens is 204 g/mol. The molecule has 2 aromatic rings. The van der Waals surface area contributed by atoms with Gasteiger partial charge in [-0.05, 0) is 22.1 Å². The van der Waals surface area contributed by atoms with E-state index in [0.717, 1.165) is 10.4 Å². The summed E-state index contributed by atoms with van der Waals surface area (Å²) in [4.78, 5) is 1.15. The van der Waals surface area contributed by atoms with E-state index in [9.17, 15) is 0 Å². The molecule has 1 heterocycles. The number of nitrogen functional groups attached to an aromatic ring is 1. The highest BCUT2D eigenvalue weighted by Crippen LogP contribution is 1.99. The Bertz CT molecular complexity index is 499. The molecule has 6 heteroatoms. The van der Waals surface area contributed by atoms with Crippen LogP contribution in [0.2, 0.25) is 0 Å². The van der Waals surface area contributed by atoms with Crippen molar-refractivity contribution in [2.75, 3.05) is 5.73 Å². The molecule has 0 aliphatic rings. The summed E-state index contributed by atoms with van der Waals surface area (Å²) in [7, 11) is 0. The molecule has 0 saturated heterocycles. The zero-order chi connectivity index (χ0) is 11.2. The molecule has 0 aliphatic heterocycles. The van der Waals surface area contributed by atoms with Crippen molar-refractivity contribution in [3.05, 3.63) is 42.0 Å². The average Bonchev–Trinajstić information content (AvgIpc) is 2.72. The molecule has 2 N–H and O–H groups in total. The van der Waals surface area contributed by atoms with Gasteiger partial charge < -0.3 is 5.73 Å². The lowest BCUT2D eigenvalue weighted by atomic mass is 10.2. The van der Waals surface area contributed by atoms with Crippen LogP contribution >= 0.6 is 0 Å². The van der Waals surface area contributed by atoms with E-state index >= 15 is 0 Å². The van der Waals surface area contributed by atoms with Gasteiger partial charge in [-0.2, -0.15) is 5.10 Å². The largest absolute Gasteiger partial charge is 0.365 e. The number of rotatable bonds is 3. The van der Waals surface area contributed by atoms with Gasteiger partial charge in [-0.3, -0.25) is 0 Å². The van der Waals surface area contributed by atoms with Crippen LogP contribution in [0.5, 0.6) is 0 Å². The molecule has 2 rings (SSSR count). The molecule has 0 aliphatic carbocycles. The van der Waals surface area contributed by atoms with Crippen LogP contribution in [0, 0.1) is 0 Å². The molecular formula is C10H10N6. The number of allylic oxidation sites excluding steroid dienone is 1. The predicted molar refractivity (Wildman–Crippen MR) is 61.6 cm³/mol. The van der Waals surface area contributed by atoms with Gasteiger partial charge in [0.1, 0.15) is 0 Å². The summed E-state index contributed by atoms with van der Waals surface area (Å²) in [5, 5.41) is 14.3. The number of hydrogen-bond donors (Lipinski definition) is 1. The van der Waals surface area contributed by atoms with Crippen LogP contribution < -0.4 is 5.73 Å². The number of aromatic nitrogens is 4. The number of anilines is 1. The van der Waals surface area contributed by atoms with E-state index < -0.39 is 0 Å². The van der Waals surface area contributed by atoms with Crippen LogP contribution in [0.4, 0.5) is 5.95 Å². The third kappa shape index (κ3) is 2.50. The number of hydrogen-bond acceptors (Lipinski definition) is 5. The third-order valence-corrected chi connectivity index (χ3v) is 1.83. The Labute approximate surface area is 92.1 Å². The van der Waals surface area contributed by atoms with Crippen LogP contribution in [0.15, 0.2) is 41.5 Å². The van der Waals surface area contributed by atoms with Gasteiger partial charge >= 0.3 is 0 Å². The standard InChI is InChI=1S/C10H10N6/c11-10-13-14-15-16(10)12-8-4-7-9-5-2-1-3-6-9/h1-8H,(H2,11,13,15)/b7-4+,12-8-. The number of benzene rings is 1. The SMILES string of the molecule is Nc1nnnn1/N=C\C=C\c1ccccc1. The van der Waals surface area contributed by atoms with E-state index in [1.807, 2.05) is 36.4 Å². The van der Waals surface area contributed by atoms with Crippen molar-refractivity contribution >= 4 is 18.2 Å². The summed E-state index contributed by atoms with van der Waals surface area (Å²) in [6, 6.07) is 9.89. The number of nitrogens with zero attached hydrogens (tertiary/aromatic N) is 5. The van der Waals surface area contributed by atoms with Gasteiger partial charge in [-0.1, -0.05) is 46.3 Å². The minimum atomic E-state index is 0.157. The molecule has 80 valence electrons. The maximum Gasteiger partial charge on any atom is 0.263 e. The van der Waals surface area contributed by atoms with Crippen molar-refractivity contribution in [3.8, 4) is 0 Å². The normalized spacial score (nSPS) is 11.5. The lowest BCUT2D eigenvalue weighted by Gasteiger charge is -1.89. The lowest BCUT2D eigenvalue weighted by molar-refractivity contribution is 0.700. The van der Waals surface area contributed by atoms with Crippen molar-refractivity contribution in [3.63, 3.8) is 0 Å². The molecule has 0 spiro atoms. The monoisotopic (exact) mass is 214 g/mol. The highest BCUT2D eigenvalue weighted by atomic mass is 15.7. The molecule has 1 aromatic heterocycles. The Morgan fingerprint density at radius 3 is 2.75 bits per heavy atom. The number of tetrazole rings is 1. The maximum absolute atomic E-state index is 5.42. The van der Waals surface area contributed by atoms with Gasteiger partial charge in [0.15, 0.2) is 0 Å². The van der Waals surface area contributed by atoms with Gasteiger partial charge in [-0.25, -0.2) is 0 Å². The van der Waals surface area contributed by atoms with Crippen LogP contribution in [-0.2, 0) is 0 Å². The average molecular weight is 214 g/mol. The van der Waals surface area contributed by atoms with Crippen LogP contribution in [0.3, 0.4) is 0 Å². The molecule has 1 aromatic carbocycles. The van der Waals surface area contributed by atoms with E-state index in [-0.39, 0.29) is 5.95 Å². The first-order valence-electron chi connectivity index (χ1n) is 4.66. The first-order chi connectivity index (χ1) is 7.86. The zero-order valence-corrected chi connectivity index (χ0v) is 8.43. The Morgan fingerprint density at radius 1 is 1.25 bits per heavy atom. The fraction of sp³-hybridized carbons (Fsp3) is 0. The van der Waals surface area contributed by atoms with E-state index in [4.69, 9.17) is 5.73 Å². The minimum Gasteiger partial charge on any atom is -0.365 e. The van der Waals surface area contributed by atoms with Crippen molar-refractivity contribution in [2.24, 2.45) is 5.10 Å². The second-order valence-corrected chi connectivity index (χ2v) is 2.96. The van der Waals surface area contributed by atoms with E-state index in [2.05, 4.69) is 20.6 Å². The summed E-state index contributed by atoms with van der Waals surface area (Å²) in [5.74, 6) is 0.157. The van der Waals surface area contributed by atoms with Crippen LogP contribution in [0.25, 0.3) is 6.08 Å². The third-order valence-electron chi connectivity index (χ3n) is 1.83.